The molecule has 1 aliphatic carbocycles. The van der Waals surface area contributed by atoms with Gasteiger partial charge < -0.3 is 16.0 Å². The van der Waals surface area contributed by atoms with Gasteiger partial charge in [-0.15, -0.1) is 0 Å². The molecule has 3 rings (SSSR count). The summed E-state index contributed by atoms with van der Waals surface area (Å²) < 4.78 is 0. The average molecular weight is 433 g/mol. The van der Waals surface area contributed by atoms with Crippen LogP contribution < -0.4 is 16.0 Å². The van der Waals surface area contributed by atoms with Crippen LogP contribution in [0.2, 0.25) is 0 Å². The molecule has 0 radical (unpaired) electrons. The zero-order chi connectivity index (χ0) is 23.3. The van der Waals surface area contributed by atoms with Crippen LogP contribution in [-0.4, -0.2) is 17.1 Å². The van der Waals surface area contributed by atoms with E-state index in [-0.39, 0.29) is 17.5 Å². The van der Waals surface area contributed by atoms with Crippen molar-refractivity contribution >= 4 is 23.1 Å². The van der Waals surface area contributed by atoms with Crippen LogP contribution in [0.3, 0.4) is 0 Å². The first-order chi connectivity index (χ1) is 15.2. The summed E-state index contributed by atoms with van der Waals surface area (Å²) in [6.45, 7) is 16.4. The Morgan fingerprint density at radius 1 is 1.12 bits per heavy atom. The second-order valence-corrected chi connectivity index (χ2v) is 9.67. The molecule has 5 nitrogen and oxygen atoms in total. The number of nitrogens with zero attached hydrogens (tertiary/aromatic N) is 1. The number of hydrogen-bond acceptors (Lipinski definition) is 3. The lowest BCUT2D eigenvalue weighted by Crippen LogP contribution is -2.38. The molecule has 1 aromatic carbocycles. The molecule has 5 heteroatoms. The second-order valence-electron chi connectivity index (χ2n) is 9.67. The number of rotatable bonds is 6. The van der Waals surface area contributed by atoms with Gasteiger partial charge in [0.1, 0.15) is 5.82 Å². The average Bonchev–Trinajstić information content (AvgIpc) is 2.74. The summed E-state index contributed by atoms with van der Waals surface area (Å²) in [5.41, 5.74) is 5.63. The standard InChI is InChI=1S/C27H36N4O/c1-7-28-25-24(18(2)3)22(17-23(31-25)27(4,5)6)19-13-15-21(16-14-19)30-26(32)29-20-11-9-8-10-12-20/h7,13-17,20H,1-2,8-12H2,3-6H3,(H,28,31)(H2,29,30,32). The molecular formula is C27H36N4O. The van der Waals surface area contributed by atoms with Crippen molar-refractivity contribution in [2.24, 2.45) is 0 Å². The summed E-state index contributed by atoms with van der Waals surface area (Å²) in [7, 11) is 0. The van der Waals surface area contributed by atoms with Gasteiger partial charge in [0.2, 0.25) is 0 Å². The van der Waals surface area contributed by atoms with E-state index < -0.39 is 0 Å². The maximum atomic E-state index is 12.4. The summed E-state index contributed by atoms with van der Waals surface area (Å²) in [5, 5.41) is 9.25. The summed E-state index contributed by atoms with van der Waals surface area (Å²) in [5.74, 6) is 0.754. The molecule has 2 aromatic rings. The van der Waals surface area contributed by atoms with Gasteiger partial charge in [0.15, 0.2) is 0 Å². The van der Waals surface area contributed by atoms with Gasteiger partial charge in [0.05, 0.1) is 0 Å². The third kappa shape index (κ3) is 5.78. The zero-order valence-corrected chi connectivity index (χ0v) is 19.8. The number of allylic oxidation sites excluding steroid dienone is 1. The van der Waals surface area contributed by atoms with Crippen molar-refractivity contribution in [1.29, 1.82) is 0 Å². The summed E-state index contributed by atoms with van der Waals surface area (Å²) in [4.78, 5) is 17.2. The molecule has 1 aromatic heterocycles. The van der Waals surface area contributed by atoms with Crippen LogP contribution in [0.5, 0.6) is 0 Å². The zero-order valence-electron chi connectivity index (χ0n) is 19.8. The molecule has 32 heavy (non-hydrogen) atoms. The largest absolute Gasteiger partial charge is 0.347 e. The fraction of sp³-hybridized carbons (Fsp3) is 0.407. The first kappa shape index (κ1) is 23.6. The van der Waals surface area contributed by atoms with E-state index in [9.17, 15) is 4.79 Å². The molecule has 1 aliphatic rings. The van der Waals surface area contributed by atoms with E-state index in [1.807, 2.05) is 31.2 Å². The Bertz CT molecular complexity index is 980. The van der Waals surface area contributed by atoms with Crippen molar-refractivity contribution in [2.75, 3.05) is 10.6 Å². The van der Waals surface area contributed by atoms with Gasteiger partial charge in [-0.25, -0.2) is 9.78 Å². The van der Waals surface area contributed by atoms with Gasteiger partial charge in [-0.1, -0.05) is 65.3 Å². The lowest BCUT2D eigenvalue weighted by Gasteiger charge is -2.23. The second kappa shape index (κ2) is 10.0. The third-order valence-corrected chi connectivity index (χ3v) is 5.85. The van der Waals surface area contributed by atoms with Crippen molar-refractivity contribution in [3.8, 4) is 11.1 Å². The Labute approximate surface area is 192 Å². The number of urea groups is 1. The monoisotopic (exact) mass is 432 g/mol. The first-order valence-corrected chi connectivity index (χ1v) is 11.5. The van der Waals surface area contributed by atoms with Gasteiger partial charge >= 0.3 is 6.03 Å². The number of carbonyl (C=O) groups is 1. The fourth-order valence-corrected chi connectivity index (χ4v) is 4.12. The van der Waals surface area contributed by atoms with Crippen molar-refractivity contribution in [2.45, 2.75) is 71.3 Å². The number of nitrogens with one attached hydrogen (secondary N) is 3. The van der Waals surface area contributed by atoms with Crippen LogP contribution in [0.15, 0.2) is 49.7 Å². The maximum Gasteiger partial charge on any atom is 0.319 e. The highest BCUT2D eigenvalue weighted by atomic mass is 16.2. The highest BCUT2D eigenvalue weighted by Gasteiger charge is 2.22. The van der Waals surface area contributed by atoms with Crippen LogP contribution in [0.25, 0.3) is 16.7 Å². The quantitative estimate of drug-likeness (QED) is 0.456. The minimum Gasteiger partial charge on any atom is -0.347 e. The van der Waals surface area contributed by atoms with Crippen molar-refractivity contribution in [3.63, 3.8) is 0 Å². The molecule has 1 fully saturated rings. The van der Waals surface area contributed by atoms with Crippen molar-refractivity contribution < 1.29 is 4.79 Å². The van der Waals surface area contributed by atoms with Gasteiger partial charge in [0.25, 0.3) is 0 Å². The van der Waals surface area contributed by atoms with E-state index in [1.54, 1.807) is 6.20 Å². The minimum atomic E-state index is -0.135. The van der Waals surface area contributed by atoms with Crippen LogP contribution >= 0.6 is 0 Å². The molecule has 2 amide bonds. The van der Waals surface area contributed by atoms with Gasteiger partial charge in [-0.2, -0.15) is 0 Å². The van der Waals surface area contributed by atoms with E-state index in [0.29, 0.717) is 0 Å². The van der Waals surface area contributed by atoms with E-state index in [0.717, 1.165) is 52.3 Å². The Morgan fingerprint density at radius 3 is 2.34 bits per heavy atom. The smallest absolute Gasteiger partial charge is 0.319 e. The van der Waals surface area contributed by atoms with E-state index in [2.05, 4.69) is 55.9 Å². The Kier molecular flexibility index (Phi) is 7.39. The molecule has 0 saturated heterocycles. The van der Waals surface area contributed by atoms with E-state index in [1.165, 1.54) is 19.3 Å². The number of benzene rings is 1. The molecule has 0 aliphatic heterocycles. The van der Waals surface area contributed by atoms with Crippen LogP contribution in [0.1, 0.15) is 71.1 Å². The predicted octanol–water partition coefficient (Wildman–Crippen LogP) is 7.09. The van der Waals surface area contributed by atoms with Gasteiger partial charge in [-0.3, -0.25) is 0 Å². The molecule has 0 atom stereocenters. The SMILES string of the molecule is C=CNc1nc(C(C)(C)C)cc(-c2ccc(NC(=O)NC3CCCCC3)cc2)c1C(=C)C. The number of hydrogen-bond donors (Lipinski definition) is 3. The molecule has 0 spiro atoms. The van der Waals surface area contributed by atoms with Crippen LogP contribution in [0, 0.1) is 0 Å². The topological polar surface area (TPSA) is 66.0 Å². The fourth-order valence-electron chi connectivity index (χ4n) is 4.12. The van der Waals surface area contributed by atoms with E-state index in [4.69, 9.17) is 4.98 Å². The summed E-state index contributed by atoms with van der Waals surface area (Å²) in [6.07, 6.45) is 7.42. The van der Waals surface area contributed by atoms with Gasteiger partial charge in [-0.05, 0) is 60.9 Å². The predicted molar refractivity (Wildman–Crippen MR) is 136 cm³/mol. The molecule has 0 unspecified atom stereocenters. The third-order valence-electron chi connectivity index (χ3n) is 5.85. The Morgan fingerprint density at radius 2 is 1.78 bits per heavy atom. The Balaban J connectivity index is 1.88. The Hall–Kier alpha value is -3.08. The van der Waals surface area contributed by atoms with Crippen LogP contribution in [0.4, 0.5) is 16.3 Å². The summed E-state index contributed by atoms with van der Waals surface area (Å²) >= 11 is 0. The lowest BCUT2D eigenvalue weighted by atomic mass is 9.87. The maximum absolute atomic E-state index is 12.4. The number of amides is 2. The highest BCUT2D eigenvalue weighted by molar-refractivity contribution is 5.91. The molecule has 0 bridgehead atoms. The van der Waals surface area contributed by atoms with Crippen LogP contribution in [-0.2, 0) is 5.41 Å². The summed E-state index contributed by atoms with van der Waals surface area (Å²) in [6, 6.07) is 10.2. The number of carbonyl (C=O) groups excluding carboxylic acids is 1. The molecule has 1 heterocycles. The number of aromatic nitrogens is 1. The molecule has 3 N–H and O–H groups in total. The number of anilines is 2. The van der Waals surface area contributed by atoms with Gasteiger partial charge in [0, 0.05) is 28.4 Å². The normalized spacial score (nSPS) is 14.5. The highest BCUT2D eigenvalue weighted by Crippen LogP contribution is 2.37. The molecule has 1 saturated carbocycles. The molecule has 170 valence electrons. The van der Waals surface area contributed by atoms with Crippen molar-refractivity contribution in [1.82, 2.24) is 10.3 Å². The minimum absolute atomic E-state index is 0.112. The lowest BCUT2D eigenvalue weighted by molar-refractivity contribution is 0.244. The van der Waals surface area contributed by atoms with Crippen molar-refractivity contribution in [3.05, 3.63) is 60.9 Å². The molecular weight excluding hydrogens is 396 g/mol. The number of pyridine rings is 1. The first-order valence-electron chi connectivity index (χ1n) is 11.5. The van der Waals surface area contributed by atoms with E-state index >= 15 is 0 Å².